The summed E-state index contributed by atoms with van der Waals surface area (Å²) >= 11 is 5.42. The topological polar surface area (TPSA) is 85.2 Å². The number of anilines is 1. The number of thiazole rings is 1. The van der Waals surface area contributed by atoms with E-state index in [1.807, 2.05) is 30.4 Å². The van der Waals surface area contributed by atoms with Crippen LogP contribution < -0.4 is 5.32 Å². The minimum atomic E-state index is -0.465. The molecule has 0 spiro atoms. The molecule has 3 heterocycles. The summed E-state index contributed by atoms with van der Waals surface area (Å²) in [6.07, 6.45) is 1.60. The molecule has 3 aromatic rings. The summed E-state index contributed by atoms with van der Waals surface area (Å²) in [5, 5.41) is 15.5. The molecule has 1 saturated heterocycles. The summed E-state index contributed by atoms with van der Waals surface area (Å²) in [5.41, 5.74) is 3.52. The molecule has 0 saturated carbocycles. The van der Waals surface area contributed by atoms with Crippen LogP contribution in [0, 0.1) is 5.41 Å². The van der Waals surface area contributed by atoms with Gasteiger partial charge >= 0.3 is 6.09 Å². The zero-order valence-corrected chi connectivity index (χ0v) is 23.8. The lowest BCUT2D eigenvalue weighted by Crippen LogP contribution is -2.41. The Balaban J connectivity index is 1.34. The van der Waals surface area contributed by atoms with Crippen molar-refractivity contribution in [3.8, 4) is 0 Å². The molecule has 0 atom stereocenters. The first-order valence-electron chi connectivity index (χ1n) is 12.1. The van der Waals surface area contributed by atoms with Gasteiger partial charge in [-0.2, -0.15) is 0 Å². The Morgan fingerprint density at radius 1 is 1.20 bits per heavy atom. The largest absolute Gasteiger partial charge is 0.444 e. The van der Waals surface area contributed by atoms with Crippen LogP contribution in [0.1, 0.15) is 71.0 Å². The van der Waals surface area contributed by atoms with Crippen molar-refractivity contribution in [1.29, 1.82) is 0 Å². The van der Waals surface area contributed by atoms with Crippen LogP contribution in [0.25, 0.3) is 11.0 Å². The van der Waals surface area contributed by atoms with Gasteiger partial charge in [0.2, 0.25) is 0 Å². The van der Waals surface area contributed by atoms with Crippen LogP contribution in [-0.2, 0) is 17.8 Å². The Hall–Kier alpha value is -2.20. The summed E-state index contributed by atoms with van der Waals surface area (Å²) in [4.78, 5) is 19.0. The van der Waals surface area contributed by atoms with Gasteiger partial charge < -0.3 is 15.0 Å². The van der Waals surface area contributed by atoms with E-state index in [0.717, 1.165) is 51.3 Å². The second-order valence-electron chi connectivity index (χ2n) is 11.4. The number of fused-ring (bicyclic) bond motifs is 1. The van der Waals surface area contributed by atoms with Crippen molar-refractivity contribution >= 4 is 50.1 Å². The van der Waals surface area contributed by atoms with Crippen molar-refractivity contribution in [2.45, 2.75) is 79.0 Å². The lowest BCUT2D eigenvalue weighted by atomic mass is 9.97. The molecule has 0 bridgehead atoms. The maximum absolute atomic E-state index is 12.3. The van der Waals surface area contributed by atoms with E-state index in [1.165, 1.54) is 0 Å². The monoisotopic (exact) mass is 562 g/mol. The third kappa shape index (κ3) is 6.52. The summed E-state index contributed by atoms with van der Waals surface area (Å²) in [7, 11) is 0. The summed E-state index contributed by atoms with van der Waals surface area (Å²) in [6.45, 7) is 15.1. The van der Waals surface area contributed by atoms with E-state index in [0.29, 0.717) is 25.6 Å². The van der Waals surface area contributed by atoms with Crippen LogP contribution in [0.15, 0.2) is 22.0 Å². The van der Waals surface area contributed by atoms with E-state index in [-0.39, 0.29) is 11.5 Å². The van der Waals surface area contributed by atoms with Crippen molar-refractivity contribution in [1.82, 2.24) is 24.9 Å². The molecule has 0 aliphatic carbocycles. The molecule has 4 rings (SSSR count). The van der Waals surface area contributed by atoms with Crippen LogP contribution in [0.3, 0.4) is 0 Å². The molecule has 0 unspecified atom stereocenters. The van der Waals surface area contributed by atoms with Gasteiger partial charge in [0.1, 0.15) is 11.1 Å². The fourth-order valence-corrected chi connectivity index (χ4v) is 5.67. The second-order valence-corrected chi connectivity index (χ2v) is 13.1. The molecule has 1 aliphatic rings. The van der Waals surface area contributed by atoms with Crippen molar-refractivity contribution in [3.63, 3.8) is 0 Å². The van der Waals surface area contributed by atoms with E-state index in [2.05, 4.69) is 69.8 Å². The number of aromatic nitrogens is 4. The maximum Gasteiger partial charge on any atom is 0.410 e. The normalized spacial score (nSPS) is 15.6. The number of hydrogen-bond donors (Lipinski definition) is 1. The number of halogens is 1. The fraction of sp³-hybridized carbons (Fsp3) is 0.600. The third-order valence-corrected chi connectivity index (χ3v) is 7.63. The highest BCUT2D eigenvalue weighted by molar-refractivity contribution is 9.10. The standard InChI is InChI=1S/C25H35BrN6O2S/c1-24(2,3)15-32-19-8-7-18(20(26)21(19)29-30-32)27-13-17-14-35-22(28-17)16-9-11-31(12-10-16)23(33)34-25(4,5)6/h7-8,14,16,27H,9-13,15H2,1-6H3. The van der Waals surface area contributed by atoms with Gasteiger partial charge in [0.25, 0.3) is 0 Å². The molecule has 10 heteroatoms. The molecule has 1 aromatic carbocycles. The average Bonchev–Trinajstić information content (AvgIpc) is 3.39. The summed E-state index contributed by atoms with van der Waals surface area (Å²) < 4.78 is 8.39. The number of nitrogens with zero attached hydrogens (tertiary/aromatic N) is 5. The first-order valence-corrected chi connectivity index (χ1v) is 13.7. The highest BCUT2D eigenvalue weighted by Crippen LogP contribution is 2.33. The van der Waals surface area contributed by atoms with Crippen LogP contribution in [-0.4, -0.2) is 49.7 Å². The number of amides is 1. The number of rotatable bonds is 5. The van der Waals surface area contributed by atoms with Gasteiger partial charge in [-0.25, -0.2) is 14.5 Å². The molecule has 1 amide bonds. The quantitative estimate of drug-likeness (QED) is 0.386. The number of piperidine rings is 1. The number of nitrogens with one attached hydrogen (secondary N) is 1. The number of likely N-dealkylation sites (tertiary alicyclic amines) is 1. The molecular weight excluding hydrogens is 528 g/mol. The van der Waals surface area contributed by atoms with Crippen molar-refractivity contribution in [2.75, 3.05) is 18.4 Å². The van der Waals surface area contributed by atoms with Crippen LogP contribution in [0.5, 0.6) is 0 Å². The number of hydrogen-bond acceptors (Lipinski definition) is 7. The molecule has 35 heavy (non-hydrogen) atoms. The van der Waals surface area contributed by atoms with E-state index in [4.69, 9.17) is 9.72 Å². The molecule has 1 aliphatic heterocycles. The highest BCUT2D eigenvalue weighted by Gasteiger charge is 2.28. The van der Waals surface area contributed by atoms with Gasteiger partial charge in [-0.15, -0.1) is 16.4 Å². The average molecular weight is 564 g/mol. The van der Waals surface area contributed by atoms with E-state index >= 15 is 0 Å². The van der Waals surface area contributed by atoms with Gasteiger partial charge in [0, 0.05) is 30.9 Å². The van der Waals surface area contributed by atoms with E-state index in [1.54, 1.807) is 11.3 Å². The second kappa shape index (κ2) is 10.0. The first-order chi connectivity index (χ1) is 16.4. The number of benzene rings is 1. The Morgan fingerprint density at radius 2 is 1.91 bits per heavy atom. The van der Waals surface area contributed by atoms with E-state index in [9.17, 15) is 4.79 Å². The van der Waals surface area contributed by atoms with Gasteiger partial charge in [-0.3, -0.25) is 0 Å². The van der Waals surface area contributed by atoms with Gasteiger partial charge in [0.05, 0.1) is 32.9 Å². The minimum absolute atomic E-state index is 0.124. The Morgan fingerprint density at radius 3 is 2.57 bits per heavy atom. The molecule has 190 valence electrons. The van der Waals surface area contributed by atoms with Crippen molar-refractivity contribution in [2.24, 2.45) is 5.41 Å². The maximum atomic E-state index is 12.3. The summed E-state index contributed by atoms with van der Waals surface area (Å²) in [5.74, 6) is 0.383. The van der Waals surface area contributed by atoms with E-state index < -0.39 is 5.60 Å². The molecule has 8 nitrogen and oxygen atoms in total. The Labute approximate surface area is 219 Å². The van der Waals surface area contributed by atoms with Gasteiger partial charge in [-0.1, -0.05) is 26.0 Å². The lowest BCUT2D eigenvalue weighted by Gasteiger charge is -2.32. The smallest absolute Gasteiger partial charge is 0.410 e. The zero-order chi connectivity index (χ0) is 25.4. The molecule has 2 aromatic heterocycles. The minimum Gasteiger partial charge on any atom is -0.444 e. The van der Waals surface area contributed by atoms with Crippen LogP contribution >= 0.6 is 27.3 Å². The zero-order valence-electron chi connectivity index (χ0n) is 21.4. The fourth-order valence-electron chi connectivity index (χ4n) is 4.12. The molecule has 0 radical (unpaired) electrons. The van der Waals surface area contributed by atoms with Gasteiger partial charge in [0.15, 0.2) is 0 Å². The molecular formula is C25H35BrN6O2S. The number of ether oxygens (including phenoxy) is 1. The predicted molar refractivity (Wildman–Crippen MR) is 144 cm³/mol. The number of carbonyl (C=O) groups excluding carboxylic acids is 1. The van der Waals surface area contributed by atoms with Crippen LogP contribution in [0.4, 0.5) is 10.5 Å². The third-order valence-electron chi connectivity index (χ3n) is 5.78. The lowest BCUT2D eigenvalue weighted by molar-refractivity contribution is 0.0204. The van der Waals surface area contributed by atoms with Crippen molar-refractivity contribution < 1.29 is 9.53 Å². The Bertz CT molecular complexity index is 1180. The SMILES string of the molecule is CC(C)(C)Cn1nnc2c(Br)c(NCc3csc(C4CCN(C(=O)OC(C)(C)C)CC4)n3)ccc21. The predicted octanol–water partition coefficient (Wildman–Crippen LogP) is 6.42. The molecule has 1 fully saturated rings. The molecule has 1 N–H and O–H groups in total. The summed E-state index contributed by atoms with van der Waals surface area (Å²) in [6, 6.07) is 4.13. The van der Waals surface area contributed by atoms with Crippen molar-refractivity contribution in [3.05, 3.63) is 32.7 Å². The van der Waals surface area contributed by atoms with Crippen LogP contribution in [0.2, 0.25) is 0 Å². The number of carbonyl (C=O) groups is 1. The van der Waals surface area contributed by atoms with Gasteiger partial charge in [-0.05, 0) is 67.1 Å². The highest BCUT2D eigenvalue weighted by atomic mass is 79.9. The Kier molecular flexibility index (Phi) is 7.43. The first kappa shape index (κ1) is 25.9.